The van der Waals surface area contributed by atoms with Crippen molar-refractivity contribution in [3.8, 4) is 17.2 Å². The van der Waals surface area contributed by atoms with Gasteiger partial charge >= 0.3 is 6.18 Å². The average Bonchev–Trinajstić information content (AvgIpc) is 3.75. The first-order valence-corrected chi connectivity index (χ1v) is 14.3. The van der Waals surface area contributed by atoms with Crippen LogP contribution in [0.25, 0.3) is 11.1 Å². The molecule has 1 aliphatic heterocycles. The van der Waals surface area contributed by atoms with Crippen LogP contribution in [0, 0.1) is 17.1 Å². The Bertz CT molecular complexity index is 1660. The van der Waals surface area contributed by atoms with Crippen LogP contribution in [-0.4, -0.2) is 51.8 Å². The molecule has 1 amide bonds. The van der Waals surface area contributed by atoms with Crippen LogP contribution in [0.5, 0.6) is 0 Å². The maximum absolute atomic E-state index is 14.8. The van der Waals surface area contributed by atoms with E-state index in [1.165, 1.54) is 13.0 Å². The molecule has 2 fully saturated rings. The Morgan fingerprint density at radius 2 is 1.81 bits per heavy atom. The number of hydrogen-bond donors (Lipinski definition) is 1. The number of nitrogens with one attached hydrogen (secondary N) is 1. The summed E-state index contributed by atoms with van der Waals surface area (Å²) in [7, 11) is -4.37. The number of amides is 1. The topological polar surface area (TPSA) is 129 Å². The lowest BCUT2D eigenvalue weighted by Gasteiger charge is -2.27. The smallest absolute Gasteiger partial charge is 0.349 e. The first-order chi connectivity index (χ1) is 19.8. The standard InChI is InChI=1S/C27H23F5N6O3S/c1-14-22(29)9-23(38(14)42(40,41)19-6-4-17(28)5-7-19)25(39)34-13-18-8-20(21(10-33)24(37-18)15-2-3-15)16-11-35-26(36-12-16)27(30,31)32/h4-8,11-12,14-15,22-23H,2-3,9,13H2,1H3,(H,34,39)/t14-,22+,23-/m0/s1. The van der Waals surface area contributed by atoms with E-state index < -0.39 is 58.4 Å². The van der Waals surface area contributed by atoms with E-state index in [-0.39, 0.29) is 39.7 Å². The normalized spacial score (nSPS) is 21.2. The minimum Gasteiger partial charge on any atom is -0.349 e. The van der Waals surface area contributed by atoms with Gasteiger partial charge in [-0.05, 0) is 50.1 Å². The maximum Gasteiger partial charge on any atom is 0.451 e. The van der Waals surface area contributed by atoms with Gasteiger partial charge in [-0.3, -0.25) is 9.78 Å². The number of sulfonamides is 1. The lowest BCUT2D eigenvalue weighted by atomic mass is 9.98. The quantitative estimate of drug-likeness (QED) is 0.398. The van der Waals surface area contributed by atoms with Crippen molar-refractivity contribution in [3.05, 3.63) is 71.3 Å². The molecule has 3 aromatic rings. The fourth-order valence-electron chi connectivity index (χ4n) is 4.91. The monoisotopic (exact) mass is 606 g/mol. The minimum absolute atomic E-state index is 0.0521. The van der Waals surface area contributed by atoms with Gasteiger partial charge in [0.1, 0.15) is 24.1 Å². The Kier molecular flexibility index (Phi) is 7.71. The SMILES string of the molecule is C[C@H]1[C@H](F)C[C@@H](C(=O)NCc2cc(-c3cnc(C(F)(F)F)nc3)c(C#N)c(C3CC3)n2)N1S(=O)(=O)c1ccc(F)cc1. The molecule has 0 bridgehead atoms. The zero-order valence-electron chi connectivity index (χ0n) is 21.9. The maximum atomic E-state index is 14.8. The van der Waals surface area contributed by atoms with Crippen molar-refractivity contribution in [2.75, 3.05) is 0 Å². The van der Waals surface area contributed by atoms with E-state index in [2.05, 4.69) is 26.3 Å². The molecule has 0 unspecified atom stereocenters. The van der Waals surface area contributed by atoms with Crippen LogP contribution in [0.1, 0.15) is 54.9 Å². The van der Waals surface area contributed by atoms with Gasteiger partial charge in [0.15, 0.2) is 0 Å². The third kappa shape index (κ3) is 5.68. The second kappa shape index (κ2) is 11.0. The minimum atomic E-state index is -4.75. The third-order valence-electron chi connectivity index (χ3n) is 7.21. The van der Waals surface area contributed by atoms with Crippen LogP contribution in [0.3, 0.4) is 0 Å². The Morgan fingerprint density at radius 3 is 2.38 bits per heavy atom. The summed E-state index contributed by atoms with van der Waals surface area (Å²) in [5.41, 5.74) is 1.18. The Morgan fingerprint density at radius 1 is 1.17 bits per heavy atom. The van der Waals surface area contributed by atoms with Crippen LogP contribution in [0.15, 0.2) is 47.6 Å². The Labute approximate surface area is 237 Å². The van der Waals surface area contributed by atoms with Gasteiger partial charge in [-0.15, -0.1) is 0 Å². The van der Waals surface area contributed by atoms with E-state index in [0.29, 0.717) is 5.69 Å². The molecular formula is C27H23F5N6O3S. The molecule has 1 aromatic carbocycles. The van der Waals surface area contributed by atoms with Gasteiger partial charge in [0, 0.05) is 35.9 Å². The van der Waals surface area contributed by atoms with Crippen LogP contribution in [0.4, 0.5) is 22.0 Å². The average molecular weight is 607 g/mol. The van der Waals surface area contributed by atoms with Gasteiger partial charge < -0.3 is 5.32 Å². The third-order valence-corrected chi connectivity index (χ3v) is 9.22. The highest BCUT2D eigenvalue weighted by atomic mass is 32.2. The van der Waals surface area contributed by atoms with Gasteiger partial charge in [0.05, 0.1) is 34.4 Å². The van der Waals surface area contributed by atoms with E-state index in [1.807, 2.05) is 0 Å². The molecular weight excluding hydrogens is 583 g/mol. The van der Waals surface area contributed by atoms with Gasteiger partial charge in [0.25, 0.3) is 0 Å². The molecule has 1 saturated heterocycles. The molecule has 2 aromatic heterocycles. The van der Waals surface area contributed by atoms with Gasteiger partial charge in [-0.1, -0.05) is 0 Å². The van der Waals surface area contributed by atoms with Crippen molar-refractivity contribution in [3.63, 3.8) is 0 Å². The van der Waals surface area contributed by atoms with Gasteiger partial charge in [-0.2, -0.15) is 22.7 Å². The zero-order valence-corrected chi connectivity index (χ0v) is 22.8. The van der Waals surface area contributed by atoms with Crippen molar-refractivity contribution in [2.24, 2.45) is 0 Å². The summed E-state index contributed by atoms with van der Waals surface area (Å²) in [6.07, 6.45) is -3.41. The van der Waals surface area contributed by atoms with Crippen LogP contribution < -0.4 is 5.32 Å². The highest BCUT2D eigenvalue weighted by Crippen LogP contribution is 2.43. The molecule has 5 rings (SSSR count). The number of rotatable bonds is 7. The molecule has 0 spiro atoms. The number of alkyl halides is 4. The van der Waals surface area contributed by atoms with Crippen molar-refractivity contribution in [2.45, 2.75) is 68.0 Å². The lowest BCUT2D eigenvalue weighted by molar-refractivity contribution is -0.145. The summed E-state index contributed by atoms with van der Waals surface area (Å²) in [5.74, 6) is -2.86. The molecule has 15 heteroatoms. The van der Waals surface area contributed by atoms with Gasteiger partial charge in [-0.25, -0.2) is 27.2 Å². The second-order valence-electron chi connectivity index (χ2n) is 10.1. The first-order valence-electron chi connectivity index (χ1n) is 12.9. The number of nitriles is 1. The number of benzene rings is 1. The van der Waals surface area contributed by atoms with Crippen molar-refractivity contribution in [1.82, 2.24) is 24.6 Å². The number of hydrogen-bond acceptors (Lipinski definition) is 7. The van der Waals surface area contributed by atoms with Gasteiger partial charge in [0.2, 0.25) is 21.8 Å². The molecule has 3 atom stereocenters. The Balaban J connectivity index is 1.42. The van der Waals surface area contributed by atoms with E-state index in [9.17, 15) is 40.4 Å². The number of halogens is 5. The number of aromatic nitrogens is 3. The summed E-state index contributed by atoms with van der Waals surface area (Å²) in [4.78, 5) is 24.2. The predicted molar refractivity (Wildman–Crippen MR) is 137 cm³/mol. The van der Waals surface area contributed by atoms with E-state index in [0.717, 1.165) is 53.8 Å². The fourth-order valence-corrected chi connectivity index (χ4v) is 6.72. The summed E-state index contributed by atoms with van der Waals surface area (Å²) in [5, 5.41) is 12.4. The van der Waals surface area contributed by atoms with Crippen molar-refractivity contribution < 1.29 is 35.2 Å². The second-order valence-corrected chi connectivity index (χ2v) is 12.0. The molecule has 2 aliphatic rings. The Hall–Kier alpha value is -4.03. The molecule has 3 heterocycles. The lowest BCUT2D eigenvalue weighted by Crippen LogP contribution is -2.48. The molecule has 42 heavy (non-hydrogen) atoms. The largest absolute Gasteiger partial charge is 0.451 e. The van der Waals surface area contributed by atoms with Crippen LogP contribution in [-0.2, 0) is 27.5 Å². The molecule has 9 nitrogen and oxygen atoms in total. The van der Waals surface area contributed by atoms with E-state index in [1.54, 1.807) is 0 Å². The summed E-state index contributed by atoms with van der Waals surface area (Å²) in [6.45, 7) is 1.09. The molecule has 0 radical (unpaired) electrons. The van der Waals surface area contributed by atoms with E-state index in [4.69, 9.17) is 0 Å². The molecule has 1 N–H and O–H groups in total. The molecule has 220 valence electrons. The molecule has 1 aliphatic carbocycles. The van der Waals surface area contributed by atoms with Crippen molar-refractivity contribution in [1.29, 1.82) is 5.26 Å². The number of pyridine rings is 1. The summed E-state index contributed by atoms with van der Waals surface area (Å²) < 4.78 is 94.4. The summed E-state index contributed by atoms with van der Waals surface area (Å²) in [6, 6.07) is 4.85. The highest BCUT2D eigenvalue weighted by Gasteiger charge is 2.49. The number of nitrogens with zero attached hydrogens (tertiary/aromatic N) is 5. The van der Waals surface area contributed by atoms with Crippen LogP contribution in [0.2, 0.25) is 0 Å². The van der Waals surface area contributed by atoms with E-state index >= 15 is 0 Å². The summed E-state index contributed by atoms with van der Waals surface area (Å²) >= 11 is 0. The number of carbonyl (C=O) groups excluding carboxylic acids is 1. The number of carbonyl (C=O) groups is 1. The van der Waals surface area contributed by atoms with Crippen molar-refractivity contribution >= 4 is 15.9 Å². The zero-order chi connectivity index (χ0) is 30.4. The first kappa shape index (κ1) is 29.5. The predicted octanol–water partition coefficient (Wildman–Crippen LogP) is 4.25. The fraction of sp³-hybridized carbons (Fsp3) is 0.370. The van der Waals surface area contributed by atoms with Crippen LogP contribution >= 0.6 is 0 Å². The highest BCUT2D eigenvalue weighted by molar-refractivity contribution is 7.89. The molecule has 1 saturated carbocycles.